The summed E-state index contributed by atoms with van der Waals surface area (Å²) in [5.41, 5.74) is -0.610. The number of likely N-dealkylation sites (tertiary alicyclic amines) is 1. The highest BCUT2D eigenvalue weighted by Gasteiger charge is 2.35. The molecule has 0 saturated carbocycles. The van der Waals surface area contributed by atoms with E-state index >= 15 is 0 Å². The minimum absolute atomic E-state index is 0.177. The maximum atomic E-state index is 12.1. The summed E-state index contributed by atoms with van der Waals surface area (Å²) in [6.07, 6.45) is 0.549. The fourth-order valence-electron chi connectivity index (χ4n) is 1.94. The van der Waals surface area contributed by atoms with E-state index in [0.29, 0.717) is 13.0 Å². The van der Waals surface area contributed by atoms with Crippen LogP contribution in [0.4, 0.5) is 0 Å². The molecule has 0 aromatic carbocycles. The molecular formula is C12H16N2O4S. The number of carbonyl (C=O) groups is 2. The summed E-state index contributed by atoms with van der Waals surface area (Å²) in [7, 11) is 0. The molecule has 1 aliphatic rings. The molecule has 1 saturated heterocycles. The Balaban J connectivity index is 2.07. The minimum atomic E-state index is -0.838. The van der Waals surface area contributed by atoms with Gasteiger partial charge in [0.2, 0.25) is 5.01 Å². The molecule has 1 fully saturated rings. The highest BCUT2D eigenvalue weighted by Crippen LogP contribution is 2.22. The van der Waals surface area contributed by atoms with E-state index < -0.39 is 11.6 Å². The van der Waals surface area contributed by atoms with Crippen LogP contribution in [-0.4, -0.2) is 52.2 Å². The molecular weight excluding hydrogens is 268 g/mol. The van der Waals surface area contributed by atoms with E-state index in [1.54, 1.807) is 24.1 Å². The Hall–Kier alpha value is -1.47. The maximum Gasteiger partial charge on any atom is 0.367 e. The van der Waals surface area contributed by atoms with Crippen LogP contribution in [0.15, 0.2) is 5.38 Å². The molecule has 1 aromatic heterocycles. The second-order valence-corrected chi connectivity index (χ2v) is 5.59. The lowest BCUT2D eigenvalue weighted by molar-refractivity contribution is 0.0524. The molecule has 0 aliphatic carbocycles. The summed E-state index contributed by atoms with van der Waals surface area (Å²) in [5, 5.41) is 11.6. The molecule has 2 rings (SSSR count). The molecule has 1 unspecified atom stereocenters. The number of aromatic nitrogens is 1. The van der Waals surface area contributed by atoms with Gasteiger partial charge in [0.15, 0.2) is 0 Å². The molecule has 6 nitrogen and oxygen atoms in total. The van der Waals surface area contributed by atoms with Crippen molar-refractivity contribution in [3.63, 3.8) is 0 Å². The number of carbonyl (C=O) groups excluding carboxylic acids is 2. The predicted molar refractivity (Wildman–Crippen MR) is 69.2 cm³/mol. The third-order valence-electron chi connectivity index (χ3n) is 2.91. The normalized spacial score (nSPS) is 22.6. The van der Waals surface area contributed by atoms with Gasteiger partial charge < -0.3 is 14.7 Å². The van der Waals surface area contributed by atoms with Crippen LogP contribution in [0.2, 0.25) is 0 Å². The van der Waals surface area contributed by atoms with Gasteiger partial charge >= 0.3 is 5.97 Å². The van der Waals surface area contributed by atoms with Gasteiger partial charge in [-0.05, 0) is 20.3 Å². The Morgan fingerprint density at radius 1 is 1.63 bits per heavy atom. The van der Waals surface area contributed by atoms with E-state index in [9.17, 15) is 14.7 Å². The Morgan fingerprint density at radius 2 is 2.37 bits per heavy atom. The van der Waals surface area contributed by atoms with E-state index in [1.165, 1.54) is 0 Å². The van der Waals surface area contributed by atoms with Gasteiger partial charge in [0.1, 0.15) is 5.69 Å². The minimum Gasteiger partial charge on any atom is -0.461 e. The lowest BCUT2D eigenvalue weighted by Gasteiger charge is -2.17. The van der Waals surface area contributed by atoms with Crippen molar-refractivity contribution in [2.45, 2.75) is 25.9 Å². The van der Waals surface area contributed by atoms with Crippen LogP contribution in [0.25, 0.3) is 0 Å². The van der Waals surface area contributed by atoms with Crippen LogP contribution >= 0.6 is 11.3 Å². The number of nitrogens with zero attached hydrogens (tertiary/aromatic N) is 2. The molecule has 1 atom stereocenters. The average molecular weight is 284 g/mol. The van der Waals surface area contributed by atoms with E-state index in [-0.39, 0.29) is 29.8 Å². The number of hydrogen-bond acceptors (Lipinski definition) is 6. The van der Waals surface area contributed by atoms with E-state index in [0.717, 1.165) is 11.3 Å². The van der Waals surface area contributed by atoms with Crippen molar-refractivity contribution in [1.29, 1.82) is 0 Å². The number of hydrogen-bond donors (Lipinski definition) is 1. The number of ether oxygens (including phenoxy) is 1. The lowest BCUT2D eigenvalue weighted by Crippen LogP contribution is -2.34. The van der Waals surface area contributed by atoms with E-state index in [4.69, 9.17) is 4.74 Å². The van der Waals surface area contributed by atoms with Crippen LogP contribution in [0.3, 0.4) is 0 Å². The number of β-amino-alcohol motifs (C(OH)–C–C–N with tert-alkyl or cyclic N) is 1. The number of rotatable bonds is 3. The molecule has 1 aliphatic heterocycles. The van der Waals surface area contributed by atoms with Crippen LogP contribution < -0.4 is 0 Å². The van der Waals surface area contributed by atoms with Crippen LogP contribution in [0, 0.1) is 0 Å². The van der Waals surface area contributed by atoms with Gasteiger partial charge in [-0.2, -0.15) is 0 Å². The highest BCUT2D eigenvalue weighted by atomic mass is 32.1. The summed E-state index contributed by atoms with van der Waals surface area (Å²) in [5.74, 6) is -0.774. The molecule has 1 aromatic rings. The second kappa shape index (κ2) is 5.26. The van der Waals surface area contributed by atoms with Crippen molar-refractivity contribution in [2.75, 3.05) is 19.7 Å². The van der Waals surface area contributed by atoms with Crippen molar-refractivity contribution in [3.05, 3.63) is 16.1 Å². The van der Waals surface area contributed by atoms with Gasteiger partial charge in [-0.25, -0.2) is 9.78 Å². The molecule has 0 bridgehead atoms. The summed E-state index contributed by atoms with van der Waals surface area (Å²) in [6.45, 7) is 4.47. The number of aliphatic hydroxyl groups is 1. The van der Waals surface area contributed by atoms with Crippen LogP contribution in [-0.2, 0) is 4.74 Å². The third kappa shape index (κ3) is 3.10. The second-order valence-electron chi connectivity index (χ2n) is 4.73. The topological polar surface area (TPSA) is 79.7 Å². The van der Waals surface area contributed by atoms with Crippen molar-refractivity contribution in [1.82, 2.24) is 9.88 Å². The molecule has 2 heterocycles. The van der Waals surface area contributed by atoms with Crippen molar-refractivity contribution < 1.29 is 19.4 Å². The summed E-state index contributed by atoms with van der Waals surface area (Å²) >= 11 is 1.09. The Morgan fingerprint density at radius 3 is 2.95 bits per heavy atom. The van der Waals surface area contributed by atoms with Gasteiger partial charge in [0.05, 0.1) is 12.2 Å². The maximum absolute atomic E-state index is 12.1. The molecule has 19 heavy (non-hydrogen) atoms. The summed E-state index contributed by atoms with van der Waals surface area (Å²) in [6, 6.07) is 0. The van der Waals surface area contributed by atoms with Crippen molar-refractivity contribution in [2.24, 2.45) is 0 Å². The quantitative estimate of drug-likeness (QED) is 0.835. The Labute approximate surface area is 115 Å². The first-order valence-corrected chi connectivity index (χ1v) is 6.95. The van der Waals surface area contributed by atoms with Crippen LogP contribution in [0.5, 0.6) is 0 Å². The Kier molecular flexibility index (Phi) is 3.86. The lowest BCUT2D eigenvalue weighted by atomic mass is 10.1. The number of esters is 1. The molecule has 0 radical (unpaired) electrons. The molecule has 0 spiro atoms. The van der Waals surface area contributed by atoms with Gasteiger partial charge in [0.25, 0.3) is 5.91 Å². The number of thiazole rings is 1. The summed E-state index contributed by atoms with van der Waals surface area (Å²) < 4.78 is 4.82. The zero-order valence-electron chi connectivity index (χ0n) is 10.9. The van der Waals surface area contributed by atoms with Gasteiger partial charge in [-0.15, -0.1) is 11.3 Å². The van der Waals surface area contributed by atoms with Gasteiger partial charge in [-0.1, -0.05) is 0 Å². The molecule has 1 N–H and O–H groups in total. The van der Waals surface area contributed by atoms with Crippen LogP contribution in [0.1, 0.15) is 40.6 Å². The smallest absolute Gasteiger partial charge is 0.367 e. The SMILES string of the molecule is CCOC(=O)c1nc(C(=O)N2CCC(C)(O)C2)cs1. The van der Waals surface area contributed by atoms with E-state index in [1.807, 2.05) is 0 Å². The van der Waals surface area contributed by atoms with Crippen molar-refractivity contribution in [3.8, 4) is 0 Å². The first-order valence-electron chi connectivity index (χ1n) is 6.07. The fourth-order valence-corrected chi connectivity index (χ4v) is 2.62. The predicted octanol–water partition coefficient (Wildman–Crippen LogP) is 0.917. The first-order chi connectivity index (χ1) is 8.93. The van der Waals surface area contributed by atoms with Crippen molar-refractivity contribution >= 4 is 23.2 Å². The zero-order valence-corrected chi connectivity index (χ0v) is 11.7. The standard InChI is InChI=1S/C12H16N2O4S/c1-3-18-11(16)9-13-8(6-19-9)10(15)14-5-4-12(2,17)7-14/h6,17H,3-5,7H2,1-2H3. The monoisotopic (exact) mass is 284 g/mol. The largest absolute Gasteiger partial charge is 0.461 e. The Bertz CT molecular complexity index is 498. The average Bonchev–Trinajstić information content (AvgIpc) is 2.95. The number of amides is 1. The summed E-state index contributed by atoms with van der Waals surface area (Å²) in [4.78, 5) is 29.1. The molecule has 104 valence electrons. The molecule has 1 amide bonds. The highest BCUT2D eigenvalue weighted by molar-refractivity contribution is 7.11. The van der Waals surface area contributed by atoms with Gasteiger partial charge in [0, 0.05) is 18.5 Å². The first kappa shape index (κ1) is 14.0. The fraction of sp³-hybridized carbons (Fsp3) is 0.583. The molecule has 7 heteroatoms. The van der Waals surface area contributed by atoms with Gasteiger partial charge in [-0.3, -0.25) is 4.79 Å². The third-order valence-corrected chi connectivity index (χ3v) is 3.73. The zero-order chi connectivity index (χ0) is 14.0. The van der Waals surface area contributed by atoms with E-state index in [2.05, 4.69) is 4.98 Å².